The first kappa shape index (κ1) is 17.2. The molecular formula is C23H22N2O3. The van der Waals surface area contributed by atoms with Crippen molar-refractivity contribution in [2.24, 2.45) is 23.7 Å². The van der Waals surface area contributed by atoms with Crippen LogP contribution in [0.5, 0.6) is 0 Å². The van der Waals surface area contributed by atoms with Crippen LogP contribution < -0.4 is 5.32 Å². The van der Waals surface area contributed by atoms with Crippen LogP contribution in [0.4, 0.5) is 0 Å². The van der Waals surface area contributed by atoms with Crippen molar-refractivity contribution in [2.75, 3.05) is 6.54 Å². The van der Waals surface area contributed by atoms with Crippen LogP contribution in [0.1, 0.15) is 24.9 Å². The summed E-state index contributed by atoms with van der Waals surface area (Å²) in [5.74, 6) is -0.850. The number of hydrogen-bond acceptors (Lipinski definition) is 3. The Morgan fingerprint density at radius 1 is 1.04 bits per heavy atom. The van der Waals surface area contributed by atoms with Gasteiger partial charge in [0.2, 0.25) is 17.7 Å². The van der Waals surface area contributed by atoms with Gasteiger partial charge >= 0.3 is 0 Å². The molecule has 5 heteroatoms. The Hall–Kier alpha value is -2.95. The summed E-state index contributed by atoms with van der Waals surface area (Å²) >= 11 is 0. The lowest BCUT2D eigenvalue weighted by molar-refractivity contribution is -0.144. The third-order valence-corrected chi connectivity index (χ3v) is 6.51. The second-order valence-electron chi connectivity index (χ2n) is 8.16. The SMILES string of the molecule is CC(NC(=O)CN1C(=O)C2C3C=CC(C3)C2C1=O)c1ccc2ccccc2c1. The van der Waals surface area contributed by atoms with Crippen LogP contribution >= 0.6 is 0 Å². The number of nitrogens with zero attached hydrogens (tertiary/aromatic N) is 1. The summed E-state index contributed by atoms with van der Waals surface area (Å²) in [6, 6.07) is 13.9. The standard InChI is InChI=1S/C23H22N2O3/c1-13(15-7-6-14-4-2-3-5-16(14)10-15)24-19(26)12-25-22(27)20-17-8-9-18(11-17)21(20)23(25)28/h2-10,13,17-18,20-21H,11-12H2,1H3,(H,24,26). The van der Waals surface area contributed by atoms with Crippen LogP contribution in [0.15, 0.2) is 54.6 Å². The molecule has 5 rings (SSSR count). The van der Waals surface area contributed by atoms with E-state index >= 15 is 0 Å². The molecule has 1 saturated carbocycles. The van der Waals surface area contributed by atoms with Gasteiger partial charge in [-0.05, 0) is 47.6 Å². The lowest BCUT2D eigenvalue weighted by atomic mass is 9.85. The van der Waals surface area contributed by atoms with E-state index in [1.165, 1.54) is 4.90 Å². The van der Waals surface area contributed by atoms with E-state index in [0.717, 1.165) is 22.8 Å². The van der Waals surface area contributed by atoms with Crippen LogP contribution in [-0.2, 0) is 14.4 Å². The van der Waals surface area contributed by atoms with Gasteiger partial charge < -0.3 is 5.32 Å². The number of benzene rings is 2. The Balaban J connectivity index is 1.27. The maximum absolute atomic E-state index is 12.7. The highest BCUT2D eigenvalue weighted by Crippen LogP contribution is 2.52. The number of allylic oxidation sites excluding steroid dienone is 2. The van der Waals surface area contributed by atoms with Gasteiger partial charge in [-0.1, -0.05) is 48.6 Å². The van der Waals surface area contributed by atoms with Gasteiger partial charge in [0.15, 0.2) is 0 Å². The van der Waals surface area contributed by atoms with Crippen LogP contribution in [0.2, 0.25) is 0 Å². The van der Waals surface area contributed by atoms with E-state index in [1.807, 2.05) is 43.3 Å². The number of amides is 3. The fourth-order valence-corrected chi connectivity index (χ4v) is 5.11. The van der Waals surface area contributed by atoms with Crippen molar-refractivity contribution in [3.63, 3.8) is 0 Å². The zero-order valence-corrected chi connectivity index (χ0v) is 15.7. The van der Waals surface area contributed by atoms with Crippen molar-refractivity contribution < 1.29 is 14.4 Å². The van der Waals surface area contributed by atoms with E-state index in [0.29, 0.717) is 0 Å². The molecule has 28 heavy (non-hydrogen) atoms. The van der Waals surface area contributed by atoms with E-state index in [2.05, 4.69) is 23.5 Å². The summed E-state index contributed by atoms with van der Waals surface area (Å²) in [4.78, 5) is 39.2. The van der Waals surface area contributed by atoms with Crippen molar-refractivity contribution in [1.29, 1.82) is 0 Å². The van der Waals surface area contributed by atoms with Gasteiger partial charge in [-0.3, -0.25) is 19.3 Å². The van der Waals surface area contributed by atoms with Gasteiger partial charge in [-0.15, -0.1) is 0 Å². The maximum Gasteiger partial charge on any atom is 0.240 e. The molecule has 2 aliphatic carbocycles. The largest absolute Gasteiger partial charge is 0.348 e. The number of fused-ring (bicyclic) bond motifs is 6. The van der Waals surface area contributed by atoms with Crippen molar-refractivity contribution >= 4 is 28.5 Å². The van der Waals surface area contributed by atoms with Crippen LogP contribution in [0, 0.1) is 23.7 Å². The molecule has 0 aromatic heterocycles. The summed E-state index contributed by atoms with van der Waals surface area (Å²) < 4.78 is 0. The zero-order chi connectivity index (χ0) is 19.4. The Morgan fingerprint density at radius 3 is 2.36 bits per heavy atom. The number of likely N-dealkylation sites (tertiary alicyclic amines) is 1. The number of imide groups is 1. The average Bonchev–Trinajstić information content (AvgIpc) is 3.37. The quantitative estimate of drug-likeness (QED) is 0.661. The third-order valence-electron chi connectivity index (χ3n) is 6.51. The monoisotopic (exact) mass is 374 g/mol. The lowest BCUT2D eigenvalue weighted by Crippen LogP contribution is -2.42. The number of carbonyl (C=O) groups excluding carboxylic acids is 3. The molecule has 2 bridgehead atoms. The molecule has 0 radical (unpaired) electrons. The topological polar surface area (TPSA) is 66.5 Å². The molecule has 2 fully saturated rings. The summed E-state index contributed by atoms with van der Waals surface area (Å²) in [5.41, 5.74) is 0.991. The molecule has 2 aromatic rings. The molecule has 3 amide bonds. The third kappa shape index (κ3) is 2.57. The van der Waals surface area contributed by atoms with Gasteiger partial charge in [-0.25, -0.2) is 0 Å². The fourth-order valence-electron chi connectivity index (χ4n) is 5.11. The Bertz CT molecular complexity index is 997. The first-order valence-electron chi connectivity index (χ1n) is 9.84. The zero-order valence-electron chi connectivity index (χ0n) is 15.7. The molecule has 3 aliphatic rings. The van der Waals surface area contributed by atoms with E-state index in [4.69, 9.17) is 0 Å². The molecule has 5 nitrogen and oxygen atoms in total. The summed E-state index contributed by atoms with van der Waals surface area (Å²) in [6.45, 7) is 1.72. The van der Waals surface area contributed by atoms with Gasteiger partial charge in [0.05, 0.1) is 17.9 Å². The smallest absolute Gasteiger partial charge is 0.240 e. The fraction of sp³-hybridized carbons (Fsp3) is 0.348. The minimum atomic E-state index is -0.303. The highest BCUT2D eigenvalue weighted by atomic mass is 16.2. The molecule has 5 unspecified atom stereocenters. The predicted molar refractivity (Wildman–Crippen MR) is 105 cm³/mol. The lowest BCUT2D eigenvalue weighted by Gasteiger charge is -2.19. The molecule has 0 spiro atoms. The molecule has 1 heterocycles. The first-order chi connectivity index (χ1) is 13.5. The minimum absolute atomic E-state index is 0.163. The molecule has 1 saturated heterocycles. The van der Waals surface area contributed by atoms with Crippen LogP contribution in [-0.4, -0.2) is 29.2 Å². The van der Waals surface area contributed by atoms with Crippen LogP contribution in [0.3, 0.4) is 0 Å². The highest BCUT2D eigenvalue weighted by molar-refractivity contribution is 6.08. The number of nitrogens with one attached hydrogen (secondary N) is 1. The van der Waals surface area contributed by atoms with E-state index < -0.39 is 0 Å². The van der Waals surface area contributed by atoms with Crippen molar-refractivity contribution in [3.05, 3.63) is 60.2 Å². The minimum Gasteiger partial charge on any atom is -0.348 e. The first-order valence-corrected chi connectivity index (χ1v) is 9.84. The Morgan fingerprint density at radius 2 is 1.68 bits per heavy atom. The van der Waals surface area contributed by atoms with Crippen molar-refractivity contribution in [3.8, 4) is 0 Å². The summed E-state index contributed by atoms with van der Waals surface area (Å²) in [6.07, 6.45) is 5.01. The average molecular weight is 374 g/mol. The van der Waals surface area contributed by atoms with Gasteiger partial charge in [0, 0.05) is 0 Å². The summed E-state index contributed by atoms with van der Waals surface area (Å²) in [7, 11) is 0. The maximum atomic E-state index is 12.7. The van der Waals surface area contributed by atoms with Crippen molar-refractivity contribution in [1.82, 2.24) is 10.2 Å². The Kier molecular flexibility index (Phi) is 3.86. The number of carbonyl (C=O) groups is 3. The number of rotatable bonds is 4. The molecule has 2 aromatic carbocycles. The molecule has 1 aliphatic heterocycles. The highest BCUT2D eigenvalue weighted by Gasteiger charge is 2.59. The van der Waals surface area contributed by atoms with Crippen LogP contribution in [0.25, 0.3) is 10.8 Å². The van der Waals surface area contributed by atoms with Gasteiger partial charge in [-0.2, -0.15) is 0 Å². The molecule has 5 atom stereocenters. The second-order valence-corrected chi connectivity index (χ2v) is 8.16. The molecule has 1 N–H and O–H groups in total. The van der Waals surface area contributed by atoms with Gasteiger partial charge in [0.1, 0.15) is 6.54 Å². The summed E-state index contributed by atoms with van der Waals surface area (Å²) in [5, 5.41) is 5.19. The van der Waals surface area contributed by atoms with Gasteiger partial charge in [0.25, 0.3) is 0 Å². The molecular weight excluding hydrogens is 352 g/mol. The van der Waals surface area contributed by atoms with E-state index in [1.54, 1.807) is 0 Å². The normalized spacial score (nSPS) is 28.8. The Labute approximate surface area is 163 Å². The molecule has 142 valence electrons. The predicted octanol–water partition coefficient (Wildman–Crippen LogP) is 2.82. The van der Waals surface area contributed by atoms with Crippen molar-refractivity contribution in [2.45, 2.75) is 19.4 Å². The van der Waals surface area contributed by atoms with E-state index in [9.17, 15) is 14.4 Å². The van der Waals surface area contributed by atoms with E-state index in [-0.39, 0.29) is 54.0 Å². The second kappa shape index (κ2) is 6.30. The number of hydrogen-bond donors (Lipinski definition) is 1.